The Hall–Kier alpha value is -2.41. The molecule has 28 heavy (non-hydrogen) atoms. The highest BCUT2D eigenvalue weighted by Crippen LogP contribution is 2.21. The summed E-state index contributed by atoms with van der Waals surface area (Å²) in [7, 11) is 3.80. The minimum Gasteiger partial charge on any atom is -0.497 e. The Morgan fingerprint density at radius 3 is 2.46 bits per heavy atom. The second-order valence-electron chi connectivity index (χ2n) is 6.65. The second-order valence-corrected chi connectivity index (χ2v) is 7.45. The number of aromatic nitrogens is 3. The molecule has 2 aromatic carbocycles. The third-order valence-corrected chi connectivity index (χ3v) is 5.10. The number of allylic oxidation sites excluding steroid dienone is 1. The molecule has 0 bridgehead atoms. The molecule has 5 nitrogen and oxygen atoms in total. The molecular formula is C21H24ClN4OS+. The van der Waals surface area contributed by atoms with Crippen LogP contribution in [0.15, 0.2) is 61.2 Å². The molecule has 1 unspecified atom stereocenters. The molecule has 3 aromatic rings. The summed E-state index contributed by atoms with van der Waals surface area (Å²) in [4.78, 5) is 1.27. The molecule has 1 heterocycles. The van der Waals surface area contributed by atoms with Gasteiger partial charge in [0.05, 0.1) is 14.2 Å². The molecule has 0 aliphatic carbocycles. The topological polar surface area (TPSA) is 36.4 Å². The maximum Gasteiger partial charge on any atom is 0.203 e. The van der Waals surface area contributed by atoms with E-state index in [0.29, 0.717) is 23.0 Å². The van der Waals surface area contributed by atoms with E-state index in [4.69, 9.17) is 33.7 Å². The highest BCUT2D eigenvalue weighted by atomic mass is 35.5. The Kier molecular flexibility index (Phi) is 6.67. The second kappa shape index (κ2) is 9.19. The highest BCUT2D eigenvalue weighted by Gasteiger charge is 2.15. The number of rotatable bonds is 8. The number of hydrogen-bond acceptors (Lipinski definition) is 3. The first-order valence-corrected chi connectivity index (χ1v) is 9.79. The lowest BCUT2D eigenvalue weighted by Gasteiger charge is -2.14. The van der Waals surface area contributed by atoms with E-state index in [1.54, 1.807) is 7.11 Å². The van der Waals surface area contributed by atoms with Crippen molar-refractivity contribution in [3.8, 4) is 17.1 Å². The van der Waals surface area contributed by atoms with Gasteiger partial charge >= 0.3 is 0 Å². The van der Waals surface area contributed by atoms with Crippen molar-refractivity contribution in [3.05, 3.63) is 76.5 Å². The van der Waals surface area contributed by atoms with Gasteiger partial charge in [-0.1, -0.05) is 17.7 Å². The van der Waals surface area contributed by atoms with Crippen LogP contribution in [0, 0.1) is 4.77 Å². The molecule has 0 saturated carbocycles. The van der Waals surface area contributed by atoms with Crippen LogP contribution in [0.25, 0.3) is 11.4 Å². The van der Waals surface area contributed by atoms with Crippen molar-refractivity contribution in [1.82, 2.24) is 14.3 Å². The summed E-state index contributed by atoms with van der Waals surface area (Å²) in [6.07, 6.45) is 1.83. The number of methoxy groups -OCH3 is 1. The van der Waals surface area contributed by atoms with E-state index < -0.39 is 0 Å². The van der Waals surface area contributed by atoms with Gasteiger partial charge in [-0.2, -0.15) is 4.68 Å². The molecule has 0 radical (unpaired) electrons. The largest absolute Gasteiger partial charge is 0.497 e. The third kappa shape index (κ3) is 4.70. The van der Waals surface area contributed by atoms with Crippen molar-refractivity contribution in [3.63, 3.8) is 0 Å². The quantitative estimate of drug-likeness (QED) is 0.451. The zero-order valence-electron chi connectivity index (χ0n) is 16.1. The number of quaternary nitrogens is 1. The first-order valence-electron chi connectivity index (χ1n) is 9.00. The Bertz CT molecular complexity index is 993. The molecule has 0 amide bonds. The van der Waals surface area contributed by atoms with Crippen LogP contribution in [-0.2, 0) is 19.8 Å². The van der Waals surface area contributed by atoms with Crippen LogP contribution in [0.2, 0.25) is 5.02 Å². The fourth-order valence-electron chi connectivity index (χ4n) is 3.05. The maximum atomic E-state index is 6.02. The van der Waals surface area contributed by atoms with E-state index in [1.807, 2.05) is 51.7 Å². The molecule has 0 aliphatic heterocycles. The summed E-state index contributed by atoms with van der Waals surface area (Å²) in [5.41, 5.74) is 2.21. The first-order chi connectivity index (χ1) is 13.5. The average Bonchev–Trinajstić information content (AvgIpc) is 2.99. The van der Waals surface area contributed by atoms with Gasteiger partial charge in [-0.05, 0) is 60.7 Å². The van der Waals surface area contributed by atoms with E-state index in [0.717, 1.165) is 23.7 Å². The molecule has 1 aromatic heterocycles. The minimum atomic E-state index is 0.605. The normalized spacial score (nSPS) is 12.0. The zero-order chi connectivity index (χ0) is 20.1. The van der Waals surface area contributed by atoms with E-state index in [9.17, 15) is 0 Å². The lowest BCUT2D eigenvalue weighted by Crippen LogP contribution is -3.07. The van der Waals surface area contributed by atoms with Crippen LogP contribution in [0.3, 0.4) is 0 Å². The van der Waals surface area contributed by atoms with Gasteiger partial charge in [-0.15, -0.1) is 11.7 Å². The van der Waals surface area contributed by atoms with Gasteiger partial charge in [0, 0.05) is 22.7 Å². The molecule has 7 heteroatoms. The molecule has 0 saturated heterocycles. The molecule has 3 rings (SSSR count). The Balaban J connectivity index is 1.82. The summed E-state index contributed by atoms with van der Waals surface area (Å²) in [5, 5.41) is 5.48. The maximum absolute atomic E-state index is 6.02. The summed E-state index contributed by atoms with van der Waals surface area (Å²) in [6.45, 7) is 5.97. The van der Waals surface area contributed by atoms with E-state index >= 15 is 0 Å². The van der Waals surface area contributed by atoms with Gasteiger partial charge in [-0.25, -0.2) is 0 Å². The fourth-order valence-corrected chi connectivity index (χ4v) is 3.45. The monoisotopic (exact) mass is 415 g/mol. The van der Waals surface area contributed by atoms with Crippen LogP contribution in [0.4, 0.5) is 0 Å². The van der Waals surface area contributed by atoms with Crippen molar-refractivity contribution in [2.45, 2.75) is 19.8 Å². The number of nitrogens with zero attached hydrogens (tertiary/aromatic N) is 3. The third-order valence-electron chi connectivity index (χ3n) is 4.42. The molecule has 0 fully saturated rings. The Labute approximate surface area is 175 Å². The Morgan fingerprint density at radius 2 is 1.86 bits per heavy atom. The van der Waals surface area contributed by atoms with Gasteiger partial charge in [-0.3, -0.25) is 4.57 Å². The lowest BCUT2D eigenvalue weighted by atomic mass is 10.2. The van der Waals surface area contributed by atoms with Gasteiger partial charge in [0.1, 0.15) is 12.3 Å². The zero-order valence-corrected chi connectivity index (χ0v) is 17.6. The van der Waals surface area contributed by atoms with Gasteiger partial charge in [0.25, 0.3) is 0 Å². The van der Waals surface area contributed by atoms with Crippen LogP contribution >= 0.6 is 23.8 Å². The predicted molar refractivity (Wildman–Crippen MR) is 115 cm³/mol. The summed E-state index contributed by atoms with van der Waals surface area (Å²) in [6, 6.07) is 15.7. The SMILES string of the molecule is C=CCn1c(-c2ccc(Cl)cc2)nn(C[NH+](C)Cc2ccc(OC)cc2)c1=S. The highest BCUT2D eigenvalue weighted by molar-refractivity contribution is 7.71. The van der Waals surface area contributed by atoms with Crippen LogP contribution in [0.1, 0.15) is 5.56 Å². The van der Waals surface area contributed by atoms with Gasteiger partial charge in [0.15, 0.2) is 12.5 Å². The molecule has 0 aliphatic rings. The van der Waals surface area contributed by atoms with E-state index in [2.05, 4.69) is 25.8 Å². The molecule has 1 N–H and O–H groups in total. The summed E-state index contributed by atoms with van der Waals surface area (Å²) in [5.74, 6) is 1.68. The van der Waals surface area contributed by atoms with Gasteiger partial charge < -0.3 is 9.64 Å². The first kappa shape index (κ1) is 20.3. The smallest absolute Gasteiger partial charge is 0.203 e. The van der Waals surface area contributed by atoms with Crippen LogP contribution < -0.4 is 9.64 Å². The fraction of sp³-hybridized carbons (Fsp3) is 0.238. The van der Waals surface area contributed by atoms with Crippen molar-refractivity contribution >= 4 is 23.8 Å². The lowest BCUT2D eigenvalue weighted by molar-refractivity contribution is -0.917. The minimum absolute atomic E-state index is 0.605. The molecule has 1 atom stereocenters. The van der Waals surface area contributed by atoms with Crippen LogP contribution in [0.5, 0.6) is 5.75 Å². The van der Waals surface area contributed by atoms with Crippen molar-refractivity contribution in [1.29, 1.82) is 0 Å². The van der Waals surface area contributed by atoms with Crippen molar-refractivity contribution < 1.29 is 9.64 Å². The van der Waals surface area contributed by atoms with Crippen molar-refractivity contribution in [2.75, 3.05) is 14.2 Å². The van der Waals surface area contributed by atoms with E-state index in [1.165, 1.54) is 10.5 Å². The van der Waals surface area contributed by atoms with Crippen LogP contribution in [-0.4, -0.2) is 28.5 Å². The van der Waals surface area contributed by atoms with E-state index in [-0.39, 0.29) is 0 Å². The molecule has 146 valence electrons. The summed E-state index contributed by atoms with van der Waals surface area (Å²) < 4.78 is 9.77. The number of hydrogen-bond donors (Lipinski definition) is 1. The van der Waals surface area contributed by atoms with Crippen molar-refractivity contribution in [2.24, 2.45) is 0 Å². The van der Waals surface area contributed by atoms with Gasteiger partial charge in [0.2, 0.25) is 4.77 Å². The average molecular weight is 416 g/mol. The summed E-state index contributed by atoms with van der Waals surface area (Å²) >= 11 is 11.7. The number of benzene rings is 2. The number of nitrogens with one attached hydrogen (secondary N) is 1. The standard InChI is InChI=1S/C21H23ClN4OS/c1-4-13-25-20(17-7-9-18(22)10-8-17)23-26(21(25)28)15-24(2)14-16-5-11-19(27-3)12-6-16/h4-12H,1,13-15H2,2-3H3/p+1. The Morgan fingerprint density at radius 1 is 1.18 bits per heavy atom. The predicted octanol–water partition coefficient (Wildman–Crippen LogP) is 3.60. The molecule has 0 spiro atoms. The molecular weight excluding hydrogens is 392 g/mol. The number of ether oxygens (including phenoxy) is 1. The number of halogens is 1.